The molecule has 0 rings (SSSR count). The molecule has 0 spiro atoms. The summed E-state index contributed by atoms with van der Waals surface area (Å²) in [6.45, 7) is 8.03. The summed E-state index contributed by atoms with van der Waals surface area (Å²) in [6, 6.07) is 0. The third kappa shape index (κ3) is 16.2. The van der Waals surface area contributed by atoms with Crippen LogP contribution in [0.25, 0.3) is 0 Å². The average Bonchev–Trinajstić information content (AvgIpc) is 2.35. The molecule has 0 atom stereocenters. The first-order valence-electron chi connectivity index (χ1n) is 7.51. The van der Waals surface area contributed by atoms with Crippen LogP contribution in [-0.4, -0.2) is 42.1 Å². The van der Waals surface area contributed by atoms with Crippen molar-refractivity contribution in [3.63, 3.8) is 0 Å². The van der Waals surface area contributed by atoms with E-state index in [9.17, 15) is 4.79 Å². The number of rotatable bonds is 12. The van der Waals surface area contributed by atoms with Gasteiger partial charge in [-0.2, -0.15) is 0 Å². The fraction of sp³-hybridized carbons (Fsp3) is 0.812. The van der Waals surface area contributed by atoms with Crippen LogP contribution in [0.3, 0.4) is 0 Å². The van der Waals surface area contributed by atoms with Crippen molar-refractivity contribution in [2.75, 3.05) is 6.61 Å². The predicted octanol–water partition coefficient (Wildman–Crippen LogP) is 4.38. The minimum absolute atomic E-state index is 0. The maximum atomic E-state index is 11.1. The van der Waals surface area contributed by atoms with E-state index in [-0.39, 0.29) is 35.5 Å². The van der Waals surface area contributed by atoms with Crippen molar-refractivity contribution in [2.24, 2.45) is 0 Å². The number of hydrogen-bond acceptors (Lipinski definition) is 2. The molecular weight excluding hydrogens is 247 g/mol. The van der Waals surface area contributed by atoms with Gasteiger partial charge in [0, 0.05) is 5.57 Å². The van der Waals surface area contributed by atoms with Crippen LogP contribution in [-0.2, 0) is 9.53 Å². The fourth-order valence-corrected chi connectivity index (χ4v) is 1.88. The molecule has 0 aliphatic heterocycles. The summed E-state index contributed by atoms with van der Waals surface area (Å²) in [5.74, 6) is -0.258. The molecule has 0 saturated carbocycles. The Bertz CT molecular complexity index is 227. The Balaban J connectivity index is 0. The first-order valence-corrected chi connectivity index (χ1v) is 7.51. The zero-order chi connectivity index (χ0) is 13.6. The molecule has 0 heterocycles. The summed E-state index contributed by atoms with van der Waals surface area (Å²) in [6.07, 6.45) is 13.0. The Morgan fingerprint density at radius 2 is 1.32 bits per heavy atom. The summed E-state index contributed by atoms with van der Waals surface area (Å²) in [7, 11) is 0. The van der Waals surface area contributed by atoms with Crippen LogP contribution in [0.2, 0.25) is 0 Å². The number of esters is 1. The van der Waals surface area contributed by atoms with Gasteiger partial charge in [-0.25, -0.2) is 4.79 Å². The third-order valence-corrected chi connectivity index (χ3v) is 3.08. The van der Waals surface area contributed by atoms with Crippen LogP contribution >= 0.6 is 0 Å². The Labute approximate surface area is 141 Å². The normalized spacial score (nSPS) is 9.79. The zero-order valence-corrected chi connectivity index (χ0v) is 12.3. The average molecular weight is 278 g/mol. The van der Waals surface area contributed by atoms with Gasteiger partial charge in [0.25, 0.3) is 0 Å². The van der Waals surface area contributed by atoms with E-state index in [0.717, 1.165) is 6.42 Å². The summed E-state index contributed by atoms with van der Waals surface area (Å²) in [5.41, 5.74) is 0.488. The molecule has 108 valence electrons. The number of carbonyl (C=O) groups is 1. The van der Waals surface area contributed by atoms with Gasteiger partial charge >= 0.3 is 35.5 Å². The zero-order valence-electron chi connectivity index (χ0n) is 12.3. The number of hydrogen-bond donors (Lipinski definition) is 0. The van der Waals surface area contributed by atoms with Crippen LogP contribution in [0.4, 0.5) is 0 Å². The van der Waals surface area contributed by atoms with E-state index in [4.69, 9.17) is 4.74 Å². The predicted molar refractivity (Wildman–Crippen MR) is 84.8 cm³/mol. The summed E-state index contributed by atoms with van der Waals surface area (Å²) in [4.78, 5) is 11.1. The van der Waals surface area contributed by atoms with E-state index in [2.05, 4.69) is 13.5 Å². The maximum absolute atomic E-state index is 11.1. The van der Waals surface area contributed by atoms with E-state index >= 15 is 0 Å². The Morgan fingerprint density at radius 1 is 0.895 bits per heavy atom. The topological polar surface area (TPSA) is 26.3 Å². The molecule has 0 aromatic carbocycles. The van der Waals surface area contributed by atoms with Gasteiger partial charge in [0.1, 0.15) is 0 Å². The Morgan fingerprint density at radius 3 is 1.74 bits per heavy atom. The number of ether oxygens (including phenoxy) is 1. The summed E-state index contributed by atoms with van der Waals surface area (Å²) in [5, 5.41) is 0. The molecule has 0 unspecified atom stereocenters. The van der Waals surface area contributed by atoms with Gasteiger partial charge in [-0.15, -0.1) is 0 Å². The quantitative estimate of drug-likeness (QED) is 0.229. The van der Waals surface area contributed by atoms with Gasteiger partial charge in [-0.05, 0) is 13.3 Å². The molecule has 3 heteroatoms. The first kappa shape index (κ1) is 21.5. The fourth-order valence-electron chi connectivity index (χ4n) is 1.88. The molecular formula is C16H31NaO2. The van der Waals surface area contributed by atoms with E-state index in [1.54, 1.807) is 6.92 Å². The molecule has 2 nitrogen and oxygen atoms in total. The van der Waals surface area contributed by atoms with Crippen LogP contribution < -0.4 is 0 Å². The van der Waals surface area contributed by atoms with Crippen molar-refractivity contribution in [1.82, 2.24) is 0 Å². The summed E-state index contributed by atoms with van der Waals surface area (Å²) >= 11 is 0. The molecule has 0 saturated heterocycles. The van der Waals surface area contributed by atoms with Crippen LogP contribution in [0.15, 0.2) is 12.2 Å². The third-order valence-electron chi connectivity index (χ3n) is 3.08. The molecule has 0 aliphatic rings. The van der Waals surface area contributed by atoms with Gasteiger partial charge in [0.2, 0.25) is 0 Å². The SMILES string of the molecule is C=C(C)C(=O)OCCCCCCCCCCCC.[NaH]. The molecule has 0 aliphatic carbocycles. The van der Waals surface area contributed by atoms with E-state index in [0.29, 0.717) is 12.2 Å². The molecule has 0 aromatic rings. The molecule has 0 aromatic heterocycles. The van der Waals surface area contributed by atoms with Crippen molar-refractivity contribution in [3.8, 4) is 0 Å². The minimum atomic E-state index is -0.258. The molecule has 0 amide bonds. The molecule has 19 heavy (non-hydrogen) atoms. The van der Waals surface area contributed by atoms with Crippen molar-refractivity contribution in [1.29, 1.82) is 0 Å². The van der Waals surface area contributed by atoms with Crippen molar-refractivity contribution in [2.45, 2.75) is 78.1 Å². The number of unbranched alkanes of at least 4 members (excludes halogenated alkanes) is 9. The van der Waals surface area contributed by atoms with Crippen molar-refractivity contribution < 1.29 is 9.53 Å². The van der Waals surface area contributed by atoms with Gasteiger partial charge in [0.05, 0.1) is 6.61 Å². The second-order valence-electron chi connectivity index (χ2n) is 5.10. The van der Waals surface area contributed by atoms with Gasteiger partial charge < -0.3 is 4.74 Å². The van der Waals surface area contributed by atoms with Gasteiger partial charge in [-0.1, -0.05) is 71.3 Å². The standard InChI is InChI=1S/C16H30O2.Na.H/c1-4-5-6-7-8-9-10-11-12-13-14-18-16(17)15(2)3;;/h2,4-14H2,1,3H3;;. The van der Waals surface area contributed by atoms with Crippen LogP contribution in [0.1, 0.15) is 78.1 Å². The van der Waals surface area contributed by atoms with Gasteiger partial charge in [0.15, 0.2) is 0 Å². The van der Waals surface area contributed by atoms with Crippen molar-refractivity contribution >= 4 is 35.5 Å². The monoisotopic (exact) mass is 278 g/mol. The van der Waals surface area contributed by atoms with Crippen molar-refractivity contribution in [3.05, 3.63) is 12.2 Å². The van der Waals surface area contributed by atoms with E-state index < -0.39 is 0 Å². The second kappa shape index (κ2) is 16.3. The summed E-state index contributed by atoms with van der Waals surface area (Å²) < 4.78 is 5.04. The van der Waals surface area contributed by atoms with Crippen LogP contribution in [0, 0.1) is 0 Å². The molecule has 0 bridgehead atoms. The molecule has 0 fully saturated rings. The van der Waals surface area contributed by atoms with E-state index in [1.807, 2.05) is 0 Å². The Hall–Kier alpha value is 0.210. The molecule has 0 N–H and O–H groups in total. The Kier molecular flexibility index (Phi) is 18.4. The van der Waals surface area contributed by atoms with E-state index in [1.165, 1.54) is 57.8 Å². The van der Waals surface area contributed by atoms with Crippen LogP contribution in [0.5, 0.6) is 0 Å². The first-order chi connectivity index (χ1) is 8.68. The number of carbonyl (C=O) groups excluding carboxylic acids is 1. The second-order valence-corrected chi connectivity index (χ2v) is 5.10. The molecule has 0 radical (unpaired) electrons. The van der Waals surface area contributed by atoms with Gasteiger partial charge in [-0.3, -0.25) is 0 Å².